The highest BCUT2D eigenvalue weighted by molar-refractivity contribution is 5.66. The molecular weight excluding hydrogens is 356 g/mol. The highest BCUT2D eigenvalue weighted by atomic mass is 16.4. The maximum Gasteiger partial charge on any atom is 0.303 e. The van der Waals surface area contributed by atoms with Crippen molar-refractivity contribution in [3.05, 3.63) is 0 Å². The molecule has 0 aromatic carbocycles. The van der Waals surface area contributed by atoms with E-state index in [0.29, 0.717) is 36.0 Å². The summed E-state index contributed by atoms with van der Waals surface area (Å²) in [7, 11) is 0. The standard InChI is InChI=1S/C23H38O5/c1-12(3-6-20(27)28)15-4-5-16-21(15)19(26)11-17-22(16)18(25)10-13-9-14(24)7-8-23(13,17)2/h12-19,21-22,24-26H,3-11H2,1-2H3,(H,27,28)/t12-,13+,14-,15-,16-,17+,18-,19+,21-,22+,23+/m1/s1. The fourth-order valence-corrected chi connectivity index (χ4v) is 8.17. The summed E-state index contributed by atoms with van der Waals surface area (Å²) in [5.41, 5.74) is 0.113. The summed E-state index contributed by atoms with van der Waals surface area (Å²) in [5, 5.41) is 41.5. The van der Waals surface area contributed by atoms with Crippen LogP contribution in [0.25, 0.3) is 0 Å². The van der Waals surface area contributed by atoms with Crippen molar-refractivity contribution in [2.75, 3.05) is 0 Å². The van der Waals surface area contributed by atoms with Crippen molar-refractivity contribution in [2.45, 2.75) is 89.9 Å². The van der Waals surface area contributed by atoms with E-state index in [1.807, 2.05) is 0 Å². The minimum atomic E-state index is -0.744. The molecule has 0 aliphatic heterocycles. The van der Waals surface area contributed by atoms with E-state index in [0.717, 1.165) is 44.9 Å². The van der Waals surface area contributed by atoms with Crippen molar-refractivity contribution >= 4 is 5.97 Å². The smallest absolute Gasteiger partial charge is 0.303 e. The van der Waals surface area contributed by atoms with Gasteiger partial charge < -0.3 is 20.4 Å². The number of carbonyl (C=O) groups is 1. The molecule has 11 atom stereocenters. The zero-order valence-electron chi connectivity index (χ0n) is 17.3. The SMILES string of the molecule is C[C@H](CCC(=O)O)[C@H]1CC[C@@H]2[C@@H]1[C@@H](O)C[C@H]1[C@H]2[C@H](O)C[C@@H]2C[C@H](O)CC[C@@]21C. The first-order valence-corrected chi connectivity index (χ1v) is 11.5. The average Bonchev–Trinajstić information content (AvgIpc) is 3.07. The van der Waals surface area contributed by atoms with E-state index in [-0.39, 0.29) is 42.0 Å². The summed E-state index contributed by atoms with van der Waals surface area (Å²) < 4.78 is 0. The minimum absolute atomic E-state index is 0.113. The molecule has 4 fully saturated rings. The monoisotopic (exact) mass is 394 g/mol. The molecule has 4 rings (SSSR count). The van der Waals surface area contributed by atoms with Gasteiger partial charge in [-0.3, -0.25) is 4.79 Å². The van der Waals surface area contributed by atoms with Gasteiger partial charge in [-0.25, -0.2) is 0 Å². The second-order valence-corrected chi connectivity index (χ2v) is 10.8. The van der Waals surface area contributed by atoms with Crippen molar-refractivity contribution in [1.29, 1.82) is 0 Å². The van der Waals surface area contributed by atoms with Gasteiger partial charge in [-0.05, 0) is 98.2 Å². The number of carboxylic acid groups (broad SMARTS) is 1. The van der Waals surface area contributed by atoms with E-state index in [4.69, 9.17) is 5.11 Å². The molecule has 0 aromatic heterocycles. The van der Waals surface area contributed by atoms with Crippen LogP contribution in [-0.2, 0) is 4.79 Å². The fraction of sp³-hybridized carbons (Fsp3) is 0.957. The second kappa shape index (κ2) is 7.55. The van der Waals surface area contributed by atoms with Crippen LogP contribution in [0.3, 0.4) is 0 Å². The minimum Gasteiger partial charge on any atom is -0.481 e. The lowest BCUT2D eigenvalue weighted by molar-refractivity contribution is -0.181. The molecule has 4 N–H and O–H groups in total. The first-order valence-electron chi connectivity index (χ1n) is 11.5. The zero-order chi connectivity index (χ0) is 20.2. The van der Waals surface area contributed by atoms with Crippen LogP contribution < -0.4 is 0 Å². The van der Waals surface area contributed by atoms with E-state index < -0.39 is 5.97 Å². The summed E-state index contributed by atoms with van der Waals surface area (Å²) in [6.45, 7) is 4.49. The quantitative estimate of drug-likeness (QED) is 0.587. The van der Waals surface area contributed by atoms with Crippen molar-refractivity contribution < 1.29 is 25.2 Å². The molecule has 0 bridgehead atoms. The Balaban J connectivity index is 1.55. The molecule has 0 unspecified atom stereocenters. The topological polar surface area (TPSA) is 98.0 Å². The van der Waals surface area contributed by atoms with Gasteiger partial charge in [-0.2, -0.15) is 0 Å². The molecule has 5 nitrogen and oxygen atoms in total. The Kier molecular flexibility index (Phi) is 5.56. The van der Waals surface area contributed by atoms with Crippen molar-refractivity contribution in [2.24, 2.45) is 46.8 Å². The predicted molar refractivity (Wildman–Crippen MR) is 105 cm³/mol. The Morgan fingerprint density at radius 3 is 2.46 bits per heavy atom. The lowest BCUT2D eigenvalue weighted by Gasteiger charge is -2.61. The third kappa shape index (κ3) is 3.31. The molecule has 0 saturated heterocycles. The summed E-state index contributed by atoms with van der Waals surface area (Å²) >= 11 is 0. The van der Waals surface area contributed by atoms with E-state index >= 15 is 0 Å². The number of aliphatic hydroxyl groups excluding tert-OH is 3. The van der Waals surface area contributed by atoms with E-state index in [2.05, 4.69) is 13.8 Å². The number of aliphatic hydroxyl groups is 3. The number of hydrogen-bond donors (Lipinski definition) is 4. The molecule has 4 aliphatic rings. The number of carboxylic acids is 1. The van der Waals surface area contributed by atoms with Gasteiger partial charge in [0.2, 0.25) is 0 Å². The zero-order valence-corrected chi connectivity index (χ0v) is 17.3. The second-order valence-electron chi connectivity index (χ2n) is 10.8. The lowest BCUT2D eigenvalue weighted by atomic mass is 9.45. The van der Waals surface area contributed by atoms with Crippen LogP contribution >= 0.6 is 0 Å². The Morgan fingerprint density at radius 1 is 1.04 bits per heavy atom. The van der Waals surface area contributed by atoms with Crippen LogP contribution in [0.5, 0.6) is 0 Å². The Bertz CT molecular complexity index is 594. The molecule has 5 heteroatoms. The van der Waals surface area contributed by atoms with Gasteiger partial charge in [0.05, 0.1) is 18.3 Å². The average molecular weight is 395 g/mol. The molecular formula is C23H38O5. The molecule has 0 heterocycles. The van der Waals surface area contributed by atoms with E-state index in [1.54, 1.807) is 0 Å². The molecule has 0 aromatic rings. The fourth-order valence-electron chi connectivity index (χ4n) is 8.17. The lowest BCUT2D eigenvalue weighted by Crippen LogP contribution is -2.59. The van der Waals surface area contributed by atoms with Crippen LogP contribution in [-0.4, -0.2) is 44.7 Å². The third-order valence-electron chi connectivity index (χ3n) is 9.59. The van der Waals surface area contributed by atoms with Gasteiger partial charge >= 0.3 is 5.97 Å². The van der Waals surface area contributed by atoms with Crippen molar-refractivity contribution in [3.63, 3.8) is 0 Å². The molecule has 28 heavy (non-hydrogen) atoms. The Morgan fingerprint density at radius 2 is 1.75 bits per heavy atom. The summed E-state index contributed by atoms with van der Waals surface area (Å²) in [5.74, 6) is 1.41. The number of aliphatic carboxylic acids is 1. The first kappa shape index (κ1) is 20.6. The van der Waals surface area contributed by atoms with Crippen LogP contribution in [0.4, 0.5) is 0 Å². The number of fused-ring (bicyclic) bond motifs is 5. The Hall–Kier alpha value is -0.650. The predicted octanol–water partition coefficient (Wildman–Crippen LogP) is 3.06. The molecule has 4 aliphatic carbocycles. The van der Waals surface area contributed by atoms with Gasteiger partial charge in [-0.15, -0.1) is 0 Å². The van der Waals surface area contributed by atoms with Gasteiger partial charge in [-0.1, -0.05) is 13.8 Å². The first-order chi connectivity index (χ1) is 13.2. The van der Waals surface area contributed by atoms with E-state index in [1.165, 1.54) is 0 Å². The highest BCUT2D eigenvalue weighted by Crippen LogP contribution is 2.64. The van der Waals surface area contributed by atoms with Gasteiger partial charge in [0.25, 0.3) is 0 Å². The maximum absolute atomic E-state index is 11.2. The molecule has 0 radical (unpaired) electrons. The van der Waals surface area contributed by atoms with Crippen LogP contribution in [0.2, 0.25) is 0 Å². The largest absolute Gasteiger partial charge is 0.481 e. The Labute approximate surface area is 168 Å². The van der Waals surface area contributed by atoms with Gasteiger partial charge in [0, 0.05) is 6.42 Å². The molecule has 0 spiro atoms. The summed E-state index contributed by atoms with van der Waals surface area (Å²) in [4.78, 5) is 11.0. The number of hydrogen-bond acceptors (Lipinski definition) is 4. The molecule has 0 amide bonds. The van der Waals surface area contributed by atoms with Crippen LogP contribution in [0.1, 0.15) is 71.6 Å². The third-order valence-corrected chi connectivity index (χ3v) is 9.59. The molecule has 4 saturated carbocycles. The normalized spacial score (nSPS) is 51.7. The number of rotatable bonds is 4. The van der Waals surface area contributed by atoms with Gasteiger partial charge in [0.1, 0.15) is 0 Å². The van der Waals surface area contributed by atoms with Crippen molar-refractivity contribution in [3.8, 4) is 0 Å². The van der Waals surface area contributed by atoms with Crippen molar-refractivity contribution in [1.82, 2.24) is 0 Å². The summed E-state index contributed by atoms with van der Waals surface area (Å²) in [6.07, 6.45) is 6.20. The molecule has 160 valence electrons. The highest BCUT2D eigenvalue weighted by Gasteiger charge is 2.61. The maximum atomic E-state index is 11.2. The van der Waals surface area contributed by atoms with Crippen LogP contribution in [0.15, 0.2) is 0 Å². The van der Waals surface area contributed by atoms with Gasteiger partial charge in [0.15, 0.2) is 0 Å². The van der Waals surface area contributed by atoms with E-state index in [9.17, 15) is 20.1 Å². The summed E-state index contributed by atoms with van der Waals surface area (Å²) in [6, 6.07) is 0. The van der Waals surface area contributed by atoms with Crippen LogP contribution in [0, 0.1) is 46.8 Å².